The SMILES string of the molecule is COc1ccc([C@@]23CC[C@@H](NC(=O)Nc4ccc(F)c(F)c4F)C[C@@H]2N(C2CCN(C)CC2)CC3)cc1OC.O=C(O)C(F)(F)F. The van der Waals surface area contributed by atoms with E-state index in [1.54, 1.807) is 14.2 Å². The first-order chi connectivity index (χ1) is 21.7. The van der Waals surface area contributed by atoms with E-state index in [0.717, 1.165) is 70.3 Å². The van der Waals surface area contributed by atoms with Gasteiger partial charge in [0.25, 0.3) is 0 Å². The van der Waals surface area contributed by atoms with Crippen LogP contribution in [-0.2, 0) is 10.2 Å². The van der Waals surface area contributed by atoms with Gasteiger partial charge in [-0.1, -0.05) is 6.07 Å². The molecule has 5 rings (SSSR count). The second kappa shape index (κ2) is 14.4. The number of hydrogen-bond donors (Lipinski definition) is 3. The van der Waals surface area contributed by atoms with E-state index < -0.39 is 41.3 Å². The number of hydrogen-bond acceptors (Lipinski definition) is 6. The number of aliphatic carboxylic acids is 1. The Morgan fingerprint density at radius 2 is 1.59 bits per heavy atom. The molecule has 2 saturated heterocycles. The highest BCUT2D eigenvalue weighted by Crippen LogP contribution is 2.51. The highest BCUT2D eigenvalue weighted by atomic mass is 19.4. The number of urea groups is 1. The molecule has 3 aliphatic rings. The highest BCUT2D eigenvalue weighted by molar-refractivity contribution is 5.89. The number of piperidine rings is 1. The number of carboxylic acids is 1. The van der Waals surface area contributed by atoms with Crippen molar-refractivity contribution in [2.45, 2.75) is 68.2 Å². The maximum absolute atomic E-state index is 14.1. The van der Waals surface area contributed by atoms with Gasteiger partial charge in [-0.15, -0.1) is 0 Å². The summed E-state index contributed by atoms with van der Waals surface area (Å²) in [5.74, 6) is -5.68. The van der Waals surface area contributed by atoms with E-state index in [2.05, 4.69) is 39.6 Å². The van der Waals surface area contributed by atoms with Crippen LogP contribution in [0.3, 0.4) is 0 Å². The number of amides is 2. The lowest BCUT2D eigenvalue weighted by molar-refractivity contribution is -0.192. The van der Waals surface area contributed by atoms with Crippen molar-refractivity contribution in [1.29, 1.82) is 0 Å². The van der Waals surface area contributed by atoms with Crippen molar-refractivity contribution in [3.63, 3.8) is 0 Å². The van der Waals surface area contributed by atoms with E-state index in [4.69, 9.17) is 19.4 Å². The quantitative estimate of drug-likeness (QED) is 0.277. The number of alkyl halides is 3. The number of halogens is 6. The summed E-state index contributed by atoms with van der Waals surface area (Å²) in [4.78, 5) is 26.7. The Kier molecular flexibility index (Phi) is 11.0. The molecule has 2 aliphatic heterocycles. The first-order valence-electron chi connectivity index (χ1n) is 14.9. The van der Waals surface area contributed by atoms with Gasteiger partial charge < -0.3 is 30.1 Å². The van der Waals surface area contributed by atoms with Crippen molar-refractivity contribution in [2.75, 3.05) is 46.2 Å². The fraction of sp³-hybridized carbons (Fsp3) is 0.548. The van der Waals surface area contributed by atoms with Crippen molar-refractivity contribution in [2.24, 2.45) is 0 Å². The van der Waals surface area contributed by atoms with Crippen LogP contribution >= 0.6 is 0 Å². The second-order valence-corrected chi connectivity index (χ2v) is 11.9. The molecule has 3 N–H and O–H groups in total. The van der Waals surface area contributed by atoms with E-state index in [9.17, 15) is 31.1 Å². The third kappa shape index (κ3) is 7.63. The summed E-state index contributed by atoms with van der Waals surface area (Å²) >= 11 is 0. The van der Waals surface area contributed by atoms with E-state index in [0.29, 0.717) is 17.5 Å². The van der Waals surface area contributed by atoms with Crippen LogP contribution in [0.2, 0.25) is 0 Å². The molecule has 46 heavy (non-hydrogen) atoms. The average Bonchev–Trinajstić information content (AvgIpc) is 3.41. The number of carboxylic acid groups (broad SMARTS) is 1. The van der Waals surface area contributed by atoms with Crippen LogP contribution in [-0.4, -0.2) is 92.1 Å². The van der Waals surface area contributed by atoms with Crippen molar-refractivity contribution in [3.8, 4) is 11.5 Å². The average molecular weight is 661 g/mol. The predicted molar refractivity (Wildman–Crippen MR) is 157 cm³/mol. The third-order valence-electron chi connectivity index (χ3n) is 9.28. The number of ether oxygens (including phenoxy) is 2. The lowest BCUT2D eigenvalue weighted by Crippen LogP contribution is -2.56. The Morgan fingerprint density at radius 3 is 2.20 bits per heavy atom. The van der Waals surface area contributed by atoms with Gasteiger partial charge in [-0.3, -0.25) is 4.90 Å². The van der Waals surface area contributed by atoms with Crippen molar-refractivity contribution in [3.05, 3.63) is 53.3 Å². The molecule has 2 heterocycles. The molecule has 254 valence electrons. The van der Waals surface area contributed by atoms with Gasteiger partial charge in [0.2, 0.25) is 0 Å². The van der Waals surface area contributed by atoms with Crippen LogP contribution in [0.5, 0.6) is 11.5 Å². The Morgan fingerprint density at radius 1 is 0.935 bits per heavy atom. The number of nitrogens with zero attached hydrogens (tertiary/aromatic N) is 2. The minimum Gasteiger partial charge on any atom is -0.493 e. The maximum Gasteiger partial charge on any atom is 0.490 e. The number of nitrogens with one attached hydrogen (secondary N) is 2. The van der Waals surface area contributed by atoms with Crippen molar-refractivity contribution >= 4 is 17.7 Å². The van der Waals surface area contributed by atoms with E-state index in [1.165, 1.54) is 5.56 Å². The van der Waals surface area contributed by atoms with Gasteiger partial charge >= 0.3 is 18.2 Å². The predicted octanol–water partition coefficient (Wildman–Crippen LogP) is 5.53. The zero-order valence-corrected chi connectivity index (χ0v) is 25.7. The number of carbonyl (C=O) groups excluding carboxylic acids is 1. The van der Waals surface area contributed by atoms with Gasteiger partial charge in [-0.05, 0) is 95.0 Å². The van der Waals surface area contributed by atoms with Crippen LogP contribution in [0.4, 0.5) is 36.8 Å². The fourth-order valence-corrected chi connectivity index (χ4v) is 6.93. The van der Waals surface area contributed by atoms with Crippen LogP contribution in [0.1, 0.15) is 44.1 Å². The summed E-state index contributed by atoms with van der Waals surface area (Å²) < 4.78 is 83.9. The molecule has 0 radical (unpaired) electrons. The molecule has 0 spiro atoms. The molecule has 15 heteroatoms. The van der Waals surface area contributed by atoms with Crippen molar-refractivity contribution < 1.29 is 50.5 Å². The molecule has 9 nitrogen and oxygen atoms in total. The van der Waals surface area contributed by atoms with E-state index in [-0.39, 0.29) is 17.5 Å². The molecular formula is C31H38F6N4O5. The Balaban J connectivity index is 0.000000617. The smallest absolute Gasteiger partial charge is 0.490 e. The molecule has 0 aromatic heterocycles. The van der Waals surface area contributed by atoms with Gasteiger partial charge in [-0.25, -0.2) is 22.8 Å². The standard InChI is InChI=1S/C29H37F3N4O3.C2HF3O2/c1-35-13-9-20(10-14-35)36-15-12-29(18-4-7-23(38-2)24(16-18)39-3)11-8-19(17-25(29)36)33-28(37)34-22-6-5-21(30)26(31)27(22)32;3-2(4,5)1(6)7/h4-7,16,19-20,25H,8-15,17H2,1-3H3,(H2,33,34,37);(H,6,7)/t19-,25+,29+;/m1./s1. The molecule has 3 fully saturated rings. The van der Waals surface area contributed by atoms with Gasteiger partial charge in [-0.2, -0.15) is 13.2 Å². The maximum atomic E-state index is 14.1. The summed E-state index contributed by atoms with van der Waals surface area (Å²) in [5, 5.41) is 12.4. The number of benzene rings is 2. The topological polar surface area (TPSA) is 103 Å². The number of methoxy groups -OCH3 is 2. The summed E-state index contributed by atoms with van der Waals surface area (Å²) in [5.41, 5.74) is 0.729. The zero-order chi connectivity index (χ0) is 33.8. The summed E-state index contributed by atoms with van der Waals surface area (Å²) in [7, 11) is 5.43. The largest absolute Gasteiger partial charge is 0.493 e. The molecule has 1 aliphatic carbocycles. The normalized spacial score (nSPS) is 23.9. The third-order valence-corrected chi connectivity index (χ3v) is 9.28. The first kappa shape index (κ1) is 35.1. The van der Waals surface area contributed by atoms with E-state index in [1.807, 2.05) is 6.07 Å². The molecular weight excluding hydrogens is 622 g/mol. The van der Waals surface area contributed by atoms with Gasteiger partial charge in [0.1, 0.15) is 0 Å². The van der Waals surface area contributed by atoms with E-state index >= 15 is 0 Å². The van der Waals surface area contributed by atoms with Crippen LogP contribution in [0, 0.1) is 17.5 Å². The monoisotopic (exact) mass is 660 g/mol. The Hall–Kier alpha value is -3.72. The minimum absolute atomic E-state index is 0.0935. The molecule has 0 unspecified atom stereocenters. The summed E-state index contributed by atoms with van der Waals surface area (Å²) in [6.45, 7) is 3.09. The fourth-order valence-electron chi connectivity index (χ4n) is 6.93. The Labute approximate surface area is 262 Å². The highest BCUT2D eigenvalue weighted by Gasteiger charge is 2.53. The number of fused-ring (bicyclic) bond motifs is 1. The van der Waals surface area contributed by atoms with Crippen LogP contribution in [0.15, 0.2) is 30.3 Å². The molecule has 2 aromatic rings. The molecule has 0 bridgehead atoms. The lowest BCUT2D eigenvalue weighted by atomic mass is 9.65. The van der Waals surface area contributed by atoms with Gasteiger partial charge in [0, 0.05) is 23.5 Å². The summed E-state index contributed by atoms with van der Waals surface area (Å²) in [6.07, 6.45) is 0.458. The molecule has 3 atom stereocenters. The zero-order valence-electron chi connectivity index (χ0n) is 25.7. The number of carbonyl (C=O) groups is 2. The number of anilines is 1. The first-order valence-corrected chi connectivity index (χ1v) is 14.9. The number of rotatable bonds is 6. The van der Waals surface area contributed by atoms with Crippen LogP contribution < -0.4 is 20.1 Å². The van der Waals surface area contributed by atoms with Gasteiger partial charge in [0.05, 0.1) is 19.9 Å². The molecule has 2 aromatic carbocycles. The Bertz CT molecular complexity index is 1400. The summed E-state index contributed by atoms with van der Waals surface area (Å²) in [6, 6.07) is 7.90. The lowest BCUT2D eigenvalue weighted by Gasteiger charge is -2.48. The van der Waals surface area contributed by atoms with Crippen molar-refractivity contribution in [1.82, 2.24) is 15.1 Å². The molecule has 2 amide bonds. The number of likely N-dealkylation sites (tertiary alicyclic amines) is 2. The van der Waals surface area contributed by atoms with Gasteiger partial charge in [0.15, 0.2) is 29.0 Å². The van der Waals surface area contributed by atoms with Crippen LogP contribution in [0.25, 0.3) is 0 Å². The second-order valence-electron chi connectivity index (χ2n) is 11.9. The molecule has 1 saturated carbocycles. The minimum atomic E-state index is -5.08.